The summed E-state index contributed by atoms with van der Waals surface area (Å²) in [5.74, 6) is 1.02. The van der Waals surface area contributed by atoms with Gasteiger partial charge in [-0.2, -0.15) is 5.10 Å². The predicted molar refractivity (Wildman–Crippen MR) is 128 cm³/mol. The molecule has 1 fully saturated rings. The van der Waals surface area contributed by atoms with Gasteiger partial charge < -0.3 is 9.80 Å². The van der Waals surface area contributed by atoms with Gasteiger partial charge in [-0.3, -0.25) is 0 Å². The van der Waals surface area contributed by atoms with E-state index < -0.39 is 0 Å². The molecule has 2 aromatic carbocycles. The molecule has 0 bridgehead atoms. The number of rotatable bonds is 3. The second-order valence-electron chi connectivity index (χ2n) is 8.62. The van der Waals surface area contributed by atoms with E-state index in [2.05, 4.69) is 80.0 Å². The molecule has 3 heterocycles. The number of anilines is 2. The molecule has 31 heavy (non-hydrogen) atoms. The Balaban J connectivity index is 1.42. The number of hydrogen-bond donors (Lipinski definition) is 0. The van der Waals surface area contributed by atoms with E-state index in [9.17, 15) is 0 Å². The number of nitrogens with zero attached hydrogens (tertiary/aromatic N) is 5. The maximum Gasteiger partial charge on any atom is 0.154 e. The number of benzene rings is 2. The van der Waals surface area contributed by atoms with Crippen LogP contribution in [0.25, 0.3) is 16.8 Å². The van der Waals surface area contributed by atoms with E-state index in [-0.39, 0.29) is 0 Å². The lowest BCUT2D eigenvalue weighted by Gasteiger charge is -2.37. The molecule has 0 aliphatic carbocycles. The molecule has 5 heteroatoms. The van der Waals surface area contributed by atoms with Crippen molar-refractivity contribution in [2.45, 2.75) is 27.7 Å². The summed E-state index contributed by atoms with van der Waals surface area (Å²) < 4.78 is 1.97. The van der Waals surface area contributed by atoms with Crippen molar-refractivity contribution in [1.29, 1.82) is 0 Å². The molecule has 1 aliphatic heterocycles. The van der Waals surface area contributed by atoms with Crippen molar-refractivity contribution in [2.24, 2.45) is 0 Å². The van der Waals surface area contributed by atoms with Gasteiger partial charge in [0, 0.05) is 49.8 Å². The third-order valence-corrected chi connectivity index (χ3v) is 6.52. The lowest BCUT2D eigenvalue weighted by molar-refractivity contribution is 0.646. The van der Waals surface area contributed by atoms with Crippen molar-refractivity contribution < 1.29 is 0 Å². The standard InChI is InChI=1S/C26H29N5/c1-18-8-9-22(20(3)16-18)23-17-25-26(27-10-11-31(25)28-23)30-14-12-29(13-15-30)24-7-5-6-19(2)21(24)4/h5-11,16-17H,12-15H2,1-4H3. The number of piperazine rings is 1. The van der Waals surface area contributed by atoms with Gasteiger partial charge >= 0.3 is 0 Å². The van der Waals surface area contributed by atoms with Crippen LogP contribution in [-0.4, -0.2) is 40.8 Å². The number of aryl methyl sites for hydroxylation is 3. The molecule has 158 valence electrons. The average Bonchev–Trinajstić information content (AvgIpc) is 3.20. The zero-order valence-electron chi connectivity index (χ0n) is 18.8. The average molecular weight is 412 g/mol. The first-order chi connectivity index (χ1) is 15.0. The van der Waals surface area contributed by atoms with Crippen molar-refractivity contribution in [3.8, 4) is 11.3 Å². The summed E-state index contributed by atoms with van der Waals surface area (Å²) in [6.45, 7) is 12.6. The normalized spacial score (nSPS) is 14.5. The van der Waals surface area contributed by atoms with Gasteiger partial charge in [-0.05, 0) is 56.5 Å². The van der Waals surface area contributed by atoms with Crippen LogP contribution in [0.5, 0.6) is 0 Å². The van der Waals surface area contributed by atoms with Crippen molar-refractivity contribution in [2.75, 3.05) is 36.0 Å². The third-order valence-electron chi connectivity index (χ3n) is 6.52. The fourth-order valence-electron chi connectivity index (χ4n) is 4.62. The van der Waals surface area contributed by atoms with Crippen LogP contribution in [0.15, 0.2) is 54.9 Å². The van der Waals surface area contributed by atoms with E-state index in [1.807, 2.05) is 16.9 Å². The molecule has 0 saturated carbocycles. The van der Waals surface area contributed by atoms with E-state index in [1.54, 1.807) is 0 Å². The van der Waals surface area contributed by atoms with Gasteiger partial charge in [0.15, 0.2) is 5.82 Å². The Morgan fingerprint density at radius 3 is 2.35 bits per heavy atom. The highest BCUT2D eigenvalue weighted by Crippen LogP contribution is 2.29. The number of aromatic nitrogens is 3. The van der Waals surface area contributed by atoms with E-state index >= 15 is 0 Å². The highest BCUT2D eigenvalue weighted by molar-refractivity contribution is 5.76. The molecule has 0 spiro atoms. The molecule has 1 saturated heterocycles. The molecular weight excluding hydrogens is 382 g/mol. The van der Waals surface area contributed by atoms with Gasteiger partial charge in [0.05, 0.1) is 5.69 Å². The largest absolute Gasteiger partial charge is 0.368 e. The Morgan fingerprint density at radius 2 is 1.58 bits per heavy atom. The minimum Gasteiger partial charge on any atom is -0.368 e. The molecule has 0 amide bonds. The summed E-state index contributed by atoms with van der Waals surface area (Å²) in [6.07, 6.45) is 3.80. The fourth-order valence-corrected chi connectivity index (χ4v) is 4.62. The number of hydrogen-bond acceptors (Lipinski definition) is 4. The second kappa shape index (κ2) is 7.73. The Kier molecular flexibility index (Phi) is 4.89. The van der Waals surface area contributed by atoms with Crippen LogP contribution in [0, 0.1) is 27.7 Å². The highest BCUT2D eigenvalue weighted by atomic mass is 15.3. The van der Waals surface area contributed by atoms with E-state index in [1.165, 1.54) is 33.5 Å². The Hall–Kier alpha value is -3.34. The van der Waals surface area contributed by atoms with Crippen molar-refractivity contribution in [3.63, 3.8) is 0 Å². The first-order valence-corrected chi connectivity index (χ1v) is 11.0. The molecule has 0 N–H and O–H groups in total. The second-order valence-corrected chi connectivity index (χ2v) is 8.62. The number of fused-ring (bicyclic) bond motifs is 1. The Morgan fingerprint density at radius 1 is 0.806 bits per heavy atom. The van der Waals surface area contributed by atoms with Crippen LogP contribution in [0.2, 0.25) is 0 Å². The van der Waals surface area contributed by atoms with Gasteiger partial charge in [0.2, 0.25) is 0 Å². The van der Waals surface area contributed by atoms with Gasteiger partial charge in [-0.25, -0.2) is 9.50 Å². The van der Waals surface area contributed by atoms with Gasteiger partial charge in [0.1, 0.15) is 5.52 Å². The van der Waals surface area contributed by atoms with Crippen molar-refractivity contribution >= 4 is 17.0 Å². The van der Waals surface area contributed by atoms with Gasteiger partial charge in [0.25, 0.3) is 0 Å². The van der Waals surface area contributed by atoms with E-state index in [0.29, 0.717) is 0 Å². The minimum absolute atomic E-state index is 0.949. The van der Waals surface area contributed by atoms with Crippen LogP contribution in [0.3, 0.4) is 0 Å². The van der Waals surface area contributed by atoms with Gasteiger partial charge in [-0.15, -0.1) is 0 Å². The third kappa shape index (κ3) is 3.54. The van der Waals surface area contributed by atoms with Crippen LogP contribution in [-0.2, 0) is 0 Å². The van der Waals surface area contributed by atoms with Crippen molar-refractivity contribution in [1.82, 2.24) is 14.6 Å². The molecule has 2 aromatic heterocycles. The molecule has 1 aliphatic rings. The SMILES string of the molecule is Cc1ccc(-c2cc3c(N4CCN(c5cccc(C)c5C)CC4)nccn3n2)c(C)c1. The summed E-state index contributed by atoms with van der Waals surface area (Å²) in [5, 5.41) is 4.85. The zero-order valence-corrected chi connectivity index (χ0v) is 18.8. The highest BCUT2D eigenvalue weighted by Gasteiger charge is 2.22. The molecule has 5 nitrogen and oxygen atoms in total. The van der Waals surface area contributed by atoms with Crippen LogP contribution < -0.4 is 9.80 Å². The van der Waals surface area contributed by atoms with Crippen LogP contribution >= 0.6 is 0 Å². The monoisotopic (exact) mass is 411 g/mol. The Labute approximate surface area is 184 Å². The summed E-state index contributed by atoms with van der Waals surface area (Å²) in [5.41, 5.74) is 9.86. The minimum atomic E-state index is 0.949. The first-order valence-electron chi connectivity index (χ1n) is 11.0. The smallest absolute Gasteiger partial charge is 0.154 e. The molecule has 5 rings (SSSR count). The maximum absolute atomic E-state index is 4.85. The summed E-state index contributed by atoms with van der Waals surface area (Å²) in [7, 11) is 0. The van der Waals surface area contributed by atoms with Crippen LogP contribution in [0.4, 0.5) is 11.5 Å². The summed E-state index contributed by atoms with van der Waals surface area (Å²) in [6, 6.07) is 15.3. The van der Waals surface area contributed by atoms with Crippen LogP contribution in [0.1, 0.15) is 22.3 Å². The lowest BCUT2D eigenvalue weighted by Crippen LogP contribution is -2.47. The van der Waals surface area contributed by atoms with E-state index in [4.69, 9.17) is 10.1 Å². The quantitative estimate of drug-likeness (QED) is 0.478. The molecule has 0 unspecified atom stereocenters. The zero-order chi connectivity index (χ0) is 21.5. The molecule has 0 radical (unpaired) electrons. The lowest BCUT2D eigenvalue weighted by atomic mass is 10.0. The predicted octanol–water partition coefficient (Wildman–Crippen LogP) is 4.96. The summed E-state index contributed by atoms with van der Waals surface area (Å²) >= 11 is 0. The maximum atomic E-state index is 4.85. The van der Waals surface area contributed by atoms with Crippen molar-refractivity contribution in [3.05, 3.63) is 77.1 Å². The first kappa shape index (κ1) is 19.6. The molecule has 4 aromatic rings. The molecule has 0 atom stereocenters. The Bertz CT molecular complexity index is 1250. The topological polar surface area (TPSA) is 36.7 Å². The van der Waals surface area contributed by atoms with Gasteiger partial charge in [-0.1, -0.05) is 35.9 Å². The fraction of sp³-hybridized carbons (Fsp3) is 0.308. The molecular formula is C26H29N5. The van der Waals surface area contributed by atoms with E-state index in [0.717, 1.165) is 43.2 Å². The summed E-state index contributed by atoms with van der Waals surface area (Å²) in [4.78, 5) is 9.64.